The van der Waals surface area contributed by atoms with Gasteiger partial charge in [0.05, 0.1) is 0 Å². The lowest BCUT2D eigenvalue weighted by atomic mass is 9.94. The van der Waals surface area contributed by atoms with Crippen molar-refractivity contribution in [1.29, 1.82) is 0 Å². The van der Waals surface area contributed by atoms with Crippen LogP contribution in [0.25, 0.3) is 22.3 Å². The second-order valence-electron chi connectivity index (χ2n) is 31.3. The fourth-order valence-corrected chi connectivity index (χ4v) is 22.4. The van der Waals surface area contributed by atoms with Crippen molar-refractivity contribution < 1.29 is 0 Å². The first kappa shape index (κ1) is 94.8. The smallest absolute Gasteiger partial charge is 0.0377 e. The van der Waals surface area contributed by atoms with Crippen molar-refractivity contribution in [3.8, 4) is 0 Å². The molecule has 0 saturated carbocycles. The Labute approximate surface area is 759 Å². The largest absolute Gasteiger partial charge is 0.149 e. The first-order chi connectivity index (χ1) is 56.8. The fourth-order valence-electron chi connectivity index (χ4n) is 15.1. The molecule has 8 aliphatic carbocycles. The molecule has 14 rings (SSSR count). The number of hydrogen-bond donors (Lipinski definition) is 0. The van der Waals surface area contributed by atoms with Gasteiger partial charge >= 0.3 is 0 Å². The molecule has 0 spiro atoms. The van der Waals surface area contributed by atoms with Crippen molar-refractivity contribution in [3.05, 3.63) is 340 Å². The summed E-state index contributed by atoms with van der Waals surface area (Å²) in [6, 6.07) is 14.2. The topological polar surface area (TPSA) is 0 Å². The zero-order valence-electron chi connectivity index (χ0n) is 70.8. The van der Waals surface area contributed by atoms with E-state index in [1.54, 1.807) is 5.56 Å². The summed E-state index contributed by atoms with van der Waals surface area (Å²) in [5.74, 6) is 0. The molecule has 0 saturated heterocycles. The fraction of sp³-hybridized carbons (Fsp3) is 0.396. The molecule has 0 aromatic carbocycles. The van der Waals surface area contributed by atoms with E-state index in [-0.39, 0.29) is 0 Å². The van der Waals surface area contributed by atoms with Crippen molar-refractivity contribution in [3.63, 3.8) is 0 Å². The molecular weight excluding hydrogens is 1790 g/mol. The molecule has 10 heteroatoms. The van der Waals surface area contributed by atoms with Crippen molar-refractivity contribution in [2.75, 3.05) is 0 Å². The highest BCUT2D eigenvalue weighted by atomic mass is 79.9. The zero-order chi connectivity index (χ0) is 81.9. The Balaban J connectivity index is 0.000000170. The number of thiophene rings is 6. The highest BCUT2D eigenvalue weighted by Crippen LogP contribution is 2.44. The van der Waals surface area contributed by atoms with Crippen molar-refractivity contribution in [2.45, 2.75) is 274 Å². The summed E-state index contributed by atoms with van der Waals surface area (Å²) in [6.45, 7) is 18.1. The lowest BCUT2D eigenvalue weighted by Crippen LogP contribution is -1.94. The van der Waals surface area contributed by atoms with E-state index < -0.39 is 0 Å². The molecule has 0 radical (unpaired) electrons. The van der Waals surface area contributed by atoms with E-state index in [1.165, 1.54) is 335 Å². The minimum Gasteiger partial charge on any atom is -0.149 e. The maximum absolute atomic E-state index is 3.55. The average Bonchev–Trinajstić information content (AvgIpc) is 1.65. The standard InChI is InChI=1S/2C31H38S2.2C11H8Br2.2C11H18S/c1-3-5-7-9-13-24-19-30(32-22-24)28-17-11-16-27-21-26(28)15-12-18-29(27)31-20-25(23-33-31)14-10-8-6-4-2;1-3-5-7-9-13-24-19-21-32-30(24)28-17-11-16-27-23-26(28)15-12-18-29(27)31-25(20-22-33-31)14-10-8-6-4-2;2*12-10-5-1-3-8-7-9(10)4-2-6-11(8)13;1-3-4-5-6-7-11-8-10(2)12-9-11;1-3-4-5-6-7-11-8-9-12-10(11)2/h11-12,15-20,22-23H,3-10,13-14,21H2,1-2H3;11-12,15-22H,3-10,13-14,23H2,1-2H3;2*1-6H,7H2;2*8-9H,3-7H2,1-2H3. The van der Waals surface area contributed by atoms with Gasteiger partial charge in [-0.2, -0.15) is 0 Å². The second kappa shape index (κ2) is 54.3. The highest BCUT2D eigenvalue weighted by molar-refractivity contribution is 9.12. The Morgan fingerprint density at radius 3 is 1.15 bits per heavy atom. The molecular formula is C106H128Br4S6. The number of fused-ring (bicyclic) bond motifs is 8. The van der Waals surface area contributed by atoms with Crippen LogP contribution in [0.3, 0.4) is 0 Å². The lowest BCUT2D eigenvalue weighted by Gasteiger charge is -2.13. The monoisotopic (exact) mass is 1910 g/mol. The van der Waals surface area contributed by atoms with Gasteiger partial charge in [0, 0.05) is 47.2 Å². The zero-order valence-corrected chi connectivity index (χ0v) is 82.0. The maximum atomic E-state index is 3.55. The third-order valence-corrected chi connectivity index (χ3v) is 30.9. The molecule has 6 aromatic heterocycles. The summed E-state index contributed by atoms with van der Waals surface area (Å²) in [6.07, 6.45) is 96.7. The molecule has 616 valence electrons. The van der Waals surface area contributed by atoms with Gasteiger partial charge in [0.25, 0.3) is 0 Å². The summed E-state index contributed by atoms with van der Waals surface area (Å²) < 4.78 is 4.69. The quantitative estimate of drug-likeness (QED) is 0.0353. The van der Waals surface area contributed by atoms with Crippen LogP contribution in [0.15, 0.2) is 277 Å². The predicted octanol–water partition coefficient (Wildman–Crippen LogP) is 37.8. The minimum atomic E-state index is 0.987. The third-order valence-electron chi connectivity index (χ3n) is 22.0. The van der Waals surface area contributed by atoms with Gasteiger partial charge < -0.3 is 0 Å². The third kappa shape index (κ3) is 31.7. The Morgan fingerprint density at radius 1 is 0.293 bits per heavy atom. The van der Waals surface area contributed by atoms with Gasteiger partial charge in [-0.15, -0.1) is 68.0 Å². The number of hydrogen-bond acceptors (Lipinski definition) is 6. The van der Waals surface area contributed by atoms with E-state index in [2.05, 4.69) is 334 Å². The van der Waals surface area contributed by atoms with Crippen LogP contribution in [-0.2, 0) is 38.5 Å². The summed E-state index contributed by atoms with van der Waals surface area (Å²) in [5, 5.41) is 13.8. The van der Waals surface area contributed by atoms with Gasteiger partial charge in [0.1, 0.15) is 0 Å². The number of unbranched alkanes of at least 4 members (excludes halogenated alkanes) is 18. The second-order valence-corrected chi connectivity index (χ2v) is 40.6. The SMILES string of the molecule is BrC1=CC=CC2=C(Br)C=CC=C1C2.BrC1=CC=CC2=C(Br)C=CC=C1C2.CCCCCCc1ccsc1C.CCCCCCc1ccsc1C1=CC=CC2=C(c3sccc3CCCCCC)C=CC=C1C2.CCCCCCc1csc(C)c1.CCCCCCc1csc(C2=CC=CC3=C(c4cc(CCCCCC)cs4)C=CC=C2C3)c1. The van der Waals surface area contributed by atoms with Gasteiger partial charge in [-0.05, 0) is 310 Å². The van der Waals surface area contributed by atoms with E-state index in [0.29, 0.717) is 0 Å². The molecule has 0 aliphatic heterocycles. The Bertz CT molecular complexity index is 4660. The number of rotatable bonds is 34. The number of aryl methyl sites for hydroxylation is 8. The molecule has 8 aliphatic rings. The Hall–Kier alpha value is -5.08. The molecule has 0 N–H and O–H groups in total. The first-order valence-corrected chi connectivity index (χ1v) is 52.2. The molecule has 0 nitrogen and oxygen atoms in total. The highest BCUT2D eigenvalue weighted by Gasteiger charge is 2.23. The molecule has 0 unspecified atom stereocenters. The van der Waals surface area contributed by atoms with Gasteiger partial charge in [0.15, 0.2) is 0 Å². The van der Waals surface area contributed by atoms with Gasteiger partial charge in [0.2, 0.25) is 0 Å². The molecule has 0 atom stereocenters. The molecule has 8 bridgehead atoms. The number of allylic oxidation sites excluding steroid dienone is 40. The van der Waals surface area contributed by atoms with Crippen LogP contribution < -0.4 is 0 Å². The summed E-state index contributed by atoms with van der Waals surface area (Å²) >= 11 is 25.6. The molecule has 6 heterocycles. The Kier molecular flexibility index (Phi) is 44.4. The molecule has 0 fully saturated rings. The number of halogens is 4. The van der Waals surface area contributed by atoms with E-state index in [9.17, 15) is 0 Å². The summed E-state index contributed by atoms with van der Waals surface area (Å²) in [5.41, 5.74) is 25.9. The van der Waals surface area contributed by atoms with E-state index in [1.807, 2.05) is 68.0 Å². The molecule has 116 heavy (non-hydrogen) atoms. The van der Waals surface area contributed by atoms with Crippen LogP contribution >= 0.6 is 132 Å². The van der Waals surface area contributed by atoms with Crippen LogP contribution in [-0.4, -0.2) is 0 Å². The minimum absolute atomic E-state index is 0.987. The van der Waals surface area contributed by atoms with Crippen LogP contribution in [0, 0.1) is 13.8 Å². The van der Waals surface area contributed by atoms with E-state index in [4.69, 9.17) is 0 Å². The normalized spacial score (nSPS) is 15.6. The molecule has 0 amide bonds. The van der Waals surface area contributed by atoms with Crippen LogP contribution in [0.4, 0.5) is 0 Å². The van der Waals surface area contributed by atoms with E-state index >= 15 is 0 Å². The Morgan fingerprint density at radius 2 is 0.655 bits per heavy atom. The van der Waals surface area contributed by atoms with Gasteiger partial charge in [-0.25, -0.2) is 0 Å². The molecule has 6 aromatic rings. The van der Waals surface area contributed by atoms with Crippen molar-refractivity contribution >= 4 is 154 Å². The van der Waals surface area contributed by atoms with Crippen LogP contribution in [0.5, 0.6) is 0 Å². The first-order valence-electron chi connectivity index (χ1n) is 43.8. The predicted molar refractivity (Wildman–Crippen MR) is 542 cm³/mol. The summed E-state index contributed by atoms with van der Waals surface area (Å²) in [4.78, 5) is 8.74. The van der Waals surface area contributed by atoms with E-state index in [0.717, 1.165) is 25.7 Å². The van der Waals surface area contributed by atoms with Crippen molar-refractivity contribution in [1.82, 2.24) is 0 Å². The van der Waals surface area contributed by atoms with Gasteiger partial charge in [-0.3, -0.25) is 0 Å². The average molecular weight is 1910 g/mol. The van der Waals surface area contributed by atoms with Crippen LogP contribution in [0.1, 0.15) is 284 Å². The van der Waals surface area contributed by atoms with Gasteiger partial charge in [-0.1, -0.05) is 342 Å². The summed E-state index contributed by atoms with van der Waals surface area (Å²) in [7, 11) is 0. The maximum Gasteiger partial charge on any atom is 0.0377 e. The van der Waals surface area contributed by atoms with Crippen LogP contribution in [0.2, 0.25) is 0 Å². The van der Waals surface area contributed by atoms with Crippen molar-refractivity contribution in [2.24, 2.45) is 0 Å². The lowest BCUT2D eigenvalue weighted by molar-refractivity contribution is 0.666.